The molecule has 2 aliphatic heterocycles. The van der Waals surface area contributed by atoms with E-state index < -0.39 is 0 Å². The highest BCUT2D eigenvalue weighted by Gasteiger charge is 2.43. The van der Waals surface area contributed by atoms with E-state index in [2.05, 4.69) is 10.2 Å². The van der Waals surface area contributed by atoms with Crippen molar-refractivity contribution < 1.29 is 13.9 Å². The molecule has 24 heavy (non-hydrogen) atoms. The van der Waals surface area contributed by atoms with Crippen molar-refractivity contribution in [1.29, 1.82) is 0 Å². The maximum atomic E-state index is 12.5. The Morgan fingerprint density at radius 2 is 2.12 bits per heavy atom. The van der Waals surface area contributed by atoms with Crippen molar-refractivity contribution >= 4 is 17.2 Å². The van der Waals surface area contributed by atoms with Crippen LogP contribution in [-0.2, 0) is 4.74 Å². The third-order valence-electron chi connectivity index (χ3n) is 5.23. The lowest BCUT2D eigenvalue weighted by Crippen LogP contribution is -2.45. The Morgan fingerprint density at radius 1 is 1.25 bits per heavy atom. The first kappa shape index (κ1) is 14.6. The molecule has 0 bridgehead atoms. The molecule has 0 radical (unpaired) electrons. The maximum Gasteiger partial charge on any atom is 0.264 e. The number of amides is 1. The standard InChI is InChI=1S/C17H19N3O3S/c21-17(14-2-1-7-24-14)20-6-5-11-8-12(22-13(11)9-20)16-19-18-15(23-16)10-3-4-10/h1-2,7,10-13H,3-6,8-9H2/t11-,12-,13-/m0/s1. The Kier molecular flexibility index (Phi) is 3.45. The molecule has 0 spiro atoms. The Hall–Kier alpha value is -1.73. The number of rotatable bonds is 3. The van der Waals surface area contributed by atoms with Gasteiger partial charge in [0.25, 0.3) is 5.91 Å². The summed E-state index contributed by atoms with van der Waals surface area (Å²) in [6.07, 6.45) is 4.15. The molecule has 7 heteroatoms. The predicted octanol–water partition coefficient (Wildman–Crippen LogP) is 3.00. The third kappa shape index (κ3) is 2.56. The second-order valence-electron chi connectivity index (χ2n) is 6.93. The normalized spacial score (nSPS) is 29.7. The molecule has 1 saturated carbocycles. The van der Waals surface area contributed by atoms with Crippen LogP contribution in [0.15, 0.2) is 21.9 Å². The van der Waals surface area contributed by atoms with E-state index in [9.17, 15) is 4.79 Å². The predicted molar refractivity (Wildman–Crippen MR) is 86.8 cm³/mol. The molecular weight excluding hydrogens is 326 g/mol. The molecule has 3 aliphatic rings. The number of hydrogen-bond acceptors (Lipinski definition) is 6. The minimum Gasteiger partial charge on any atom is -0.422 e. The smallest absolute Gasteiger partial charge is 0.264 e. The average Bonchev–Trinajstić information content (AvgIpc) is 3.06. The summed E-state index contributed by atoms with van der Waals surface area (Å²) in [7, 11) is 0. The number of carbonyl (C=O) groups excluding carboxylic acids is 1. The fraction of sp³-hybridized carbons (Fsp3) is 0.588. The van der Waals surface area contributed by atoms with Crippen LogP contribution in [0.2, 0.25) is 0 Å². The summed E-state index contributed by atoms with van der Waals surface area (Å²) in [5, 5.41) is 10.3. The first-order valence-corrected chi connectivity index (χ1v) is 9.47. The second kappa shape index (κ2) is 5.67. The van der Waals surface area contributed by atoms with E-state index in [4.69, 9.17) is 9.15 Å². The fourth-order valence-electron chi connectivity index (χ4n) is 3.70. The van der Waals surface area contributed by atoms with Gasteiger partial charge in [0.15, 0.2) is 0 Å². The number of thiophene rings is 1. The Balaban J connectivity index is 1.26. The van der Waals surface area contributed by atoms with Crippen LogP contribution in [0.3, 0.4) is 0 Å². The van der Waals surface area contributed by atoms with Crippen molar-refractivity contribution in [3.05, 3.63) is 34.2 Å². The molecule has 5 rings (SSSR count). The van der Waals surface area contributed by atoms with Gasteiger partial charge in [-0.2, -0.15) is 0 Å². The molecule has 2 aromatic rings. The number of ether oxygens (including phenoxy) is 1. The van der Waals surface area contributed by atoms with Crippen molar-refractivity contribution in [2.24, 2.45) is 5.92 Å². The molecule has 2 saturated heterocycles. The molecule has 4 heterocycles. The largest absolute Gasteiger partial charge is 0.422 e. The minimum absolute atomic E-state index is 0.0731. The molecule has 2 aromatic heterocycles. The zero-order chi connectivity index (χ0) is 16.1. The summed E-state index contributed by atoms with van der Waals surface area (Å²) < 4.78 is 12.0. The fourth-order valence-corrected chi connectivity index (χ4v) is 4.39. The van der Waals surface area contributed by atoms with Crippen LogP contribution in [0, 0.1) is 5.92 Å². The molecule has 1 amide bonds. The zero-order valence-electron chi connectivity index (χ0n) is 13.3. The number of likely N-dealkylation sites (tertiary alicyclic amines) is 1. The second-order valence-corrected chi connectivity index (χ2v) is 7.88. The lowest BCUT2D eigenvalue weighted by atomic mass is 9.91. The van der Waals surface area contributed by atoms with Gasteiger partial charge in [0.05, 0.1) is 11.0 Å². The summed E-state index contributed by atoms with van der Waals surface area (Å²) in [5.74, 6) is 2.43. The van der Waals surface area contributed by atoms with Crippen LogP contribution in [0.5, 0.6) is 0 Å². The molecular formula is C17H19N3O3S. The van der Waals surface area contributed by atoms with Gasteiger partial charge in [-0.3, -0.25) is 4.79 Å². The van der Waals surface area contributed by atoms with Gasteiger partial charge < -0.3 is 14.1 Å². The highest BCUT2D eigenvalue weighted by Crippen LogP contribution is 2.43. The van der Waals surface area contributed by atoms with Gasteiger partial charge in [-0.25, -0.2) is 0 Å². The van der Waals surface area contributed by atoms with E-state index in [0.717, 1.165) is 43.0 Å². The summed E-state index contributed by atoms with van der Waals surface area (Å²) >= 11 is 1.49. The van der Waals surface area contributed by atoms with E-state index in [0.29, 0.717) is 24.3 Å². The lowest BCUT2D eigenvalue weighted by Gasteiger charge is -2.33. The summed E-state index contributed by atoms with van der Waals surface area (Å²) in [6, 6.07) is 3.80. The minimum atomic E-state index is -0.114. The number of fused-ring (bicyclic) bond motifs is 1. The molecule has 3 fully saturated rings. The molecule has 126 valence electrons. The number of carbonyl (C=O) groups is 1. The number of hydrogen-bond donors (Lipinski definition) is 0. The van der Waals surface area contributed by atoms with E-state index in [1.54, 1.807) is 0 Å². The molecule has 1 aliphatic carbocycles. The van der Waals surface area contributed by atoms with E-state index in [1.165, 1.54) is 11.3 Å². The van der Waals surface area contributed by atoms with Crippen molar-refractivity contribution in [3.8, 4) is 0 Å². The van der Waals surface area contributed by atoms with Crippen LogP contribution in [0.4, 0.5) is 0 Å². The van der Waals surface area contributed by atoms with Crippen molar-refractivity contribution in [1.82, 2.24) is 15.1 Å². The quantitative estimate of drug-likeness (QED) is 0.855. The Labute approximate surface area is 143 Å². The highest BCUT2D eigenvalue weighted by molar-refractivity contribution is 7.12. The molecule has 0 N–H and O–H groups in total. The van der Waals surface area contributed by atoms with E-state index in [-0.39, 0.29) is 18.1 Å². The maximum absolute atomic E-state index is 12.5. The van der Waals surface area contributed by atoms with Crippen molar-refractivity contribution in [3.63, 3.8) is 0 Å². The van der Waals surface area contributed by atoms with Gasteiger partial charge in [-0.05, 0) is 43.0 Å². The summed E-state index contributed by atoms with van der Waals surface area (Å²) in [6.45, 7) is 1.45. The van der Waals surface area contributed by atoms with Crippen LogP contribution in [-0.4, -0.2) is 40.2 Å². The molecule has 0 unspecified atom stereocenters. The van der Waals surface area contributed by atoms with Crippen LogP contribution >= 0.6 is 11.3 Å². The van der Waals surface area contributed by atoms with Gasteiger partial charge in [0.1, 0.15) is 6.10 Å². The summed E-state index contributed by atoms with van der Waals surface area (Å²) in [4.78, 5) is 15.2. The first-order valence-electron chi connectivity index (χ1n) is 8.59. The van der Waals surface area contributed by atoms with Gasteiger partial charge >= 0.3 is 0 Å². The van der Waals surface area contributed by atoms with Gasteiger partial charge in [0.2, 0.25) is 11.8 Å². The average molecular weight is 345 g/mol. The zero-order valence-corrected chi connectivity index (χ0v) is 14.1. The first-order chi connectivity index (χ1) is 11.8. The van der Waals surface area contributed by atoms with Gasteiger partial charge in [-0.1, -0.05) is 6.07 Å². The number of piperidine rings is 1. The molecule has 6 nitrogen and oxygen atoms in total. The van der Waals surface area contributed by atoms with Crippen LogP contribution < -0.4 is 0 Å². The van der Waals surface area contributed by atoms with Crippen molar-refractivity contribution in [2.75, 3.05) is 13.1 Å². The van der Waals surface area contributed by atoms with Crippen molar-refractivity contribution in [2.45, 2.75) is 43.8 Å². The molecule has 3 atom stereocenters. The van der Waals surface area contributed by atoms with E-state index >= 15 is 0 Å². The molecule has 0 aromatic carbocycles. The van der Waals surface area contributed by atoms with Crippen LogP contribution in [0.1, 0.15) is 59.2 Å². The summed E-state index contributed by atoms with van der Waals surface area (Å²) in [5.41, 5.74) is 0. The van der Waals surface area contributed by atoms with Gasteiger partial charge in [-0.15, -0.1) is 21.5 Å². The third-order valence-corrected chi connectivity index (χ3v) is 6.09. The number of nitrogens with zero attached hydrogens (tertiary/aromatic N) is 3. The monoisotopic (exact) mass is 345 g/mol. The SMILES string of the molecule is O=C(c1cccs1)N1CC[C@H]2C[C@@H](c3nnc(C4CC4)o3)O[C@H]2C1. The highest BCUT2D eigenvalue weighted by atomic mass is 32.1. The van der Waals surface area contributed by atoms with Gasteiger partial charge in [0, 0.05) is 19.0 Å². The lowest BCUT2D eigenvalue weighted by molar-refractivity contribution is -0.0123. The number of aromatic nitrogens is 2. The van der Waals surface area contributed by atoms with Crippen LogP contribution in [0.25, 0.3) is 0 Å². The Morgan fingerprint density at radius 3 is 2.92 bits per heavy atom. The topological polar surface area (TPSA) is 68.5 Å². The van der Waals surface area contributed by atoms with E-state index in [1.807, 2.05) is 22.4 Å². The Bertz CT molecular complexity index is 740.